The highest BCUT2D eigenvalue weighted by molar-refractivity contribution is 5.98. The molecule has 0 unspecified atom stereocenters. The van der Waals surface area contributed by atoms with E-state index in [1.165, 1.54) is 6.42 Å². The quantitative estimate of drug-likeness (QED) is 0.802. The summed E-state index contributed by atoms with van der Waals surface area (Å²) in [6.45, 7) is 1.95. The van der Waals surface area contributed by atoms with E-state index in [2.05, 4.69) is 25.8 Å². The van der Waals surface area contributed by atoms with Gasteiger partial charge in [0.2, 0.25) is 0 Å². The molecular formula is C14H17N5O. The Hall–Kier alpha value is -2.37. The highest BCUT2D eigenvalue weighted by Gasteiger charge is 2.24. The van der Waals surface area contributed by atoms with Crippen molar-refractivity contribution in [1.29, 1.82) is 0 Å². The molecule has 0 aliphatic heterocycles. The summed E-state index contributed by atoms with van der Waals surface area (Å²) < 4.78 is 0. The number of amides is 2. The number of urea groups is 1. The Morgan fingerprint density at radius 3 is 2.80 bits per heavy atom. The van der Waals surface area contributed by atoms with E-state index < -0.39 is 0 Å². The highest BCUT2D eigenvalue weighted by Crippen LogP contribution is 2.38. The Morgan fingerprint density at radius 1 is 1.30 bits per heavy atom. The molecule has 0 saturated heterocycles. The summed E-state index contributed by atoms with van der Waals surface area (Å²) in [6, 6.07) is 3.36. The first-order chi connectivity index (χ1) is 9.72. The Labute approximate surface area is 117 Å². The Balaban J connectivity index is 1.64. The molecule has 1 saturated carbocycles. The van der Waals surface area contributed by atoms with Crippen molar-refractivity contribution in [3.05, 3.63) is 35.7 Å². The van der Waals surface area contributed by atoms with E-state index >= 15 is 0 Å². The second-order valence-electron chi connectivity index (χ2n) is 5.13. The van der Waals surface area contributed by atoms with Crippen LogP contribution in [0, 0.1) is 6.92 Å². The average molecular weight is 271 g/mol. The molecule has 3 N–H and O–H groups in total. The first-order valence-corrected chi connectivity index (χ1v) is 6.76. The number of nitrogens with one attached hydrogen (secondary N) is 3. The number of H-pyrrole nitrogens is 1. The van der Waals surface area contributed by atoms with E-state index in [1.807, 2.05) is 13.0 Å². The molecule has 20 heavy (non-hydrogen) atoms. The number of pyridine rings is 1. The second kappa shape index (κ2) is 5.32. The van der Waals surface area contributed by atoms with Gasteiger partial charge >= 0.3 is 6.03 Å². The third-order valence-electron chi connectivity index (χ3n) is 3.61. The molecule has 1 aliphatic carbocycles. The molecule has 0 spiro atoms. The van der Waals surface area contributed by atoms with E-state index in [0.29, 0.717) is 17.6 Å². The zero-order valence-corrected chi connectivity index (χ0v) is 11.3. The number of carbonyl (C=O) groups excluding carboxylic acids is 1. The molecule has 2 heterocycles. The SMILES string of the molecule is Cc1ccc(NC(=O)Nc2[nH]ncc2C2CCC2)nc1. The van der Waals surface area contributed by atoms with Crippen LogP contribution < -0.4 is 10.6 Å². The molecule has 0 radical (unpaired) electrons. The van der Waals surface area contributed by atoms with Gasteiger partial charge < -0.3 is 0 Å². The van der Waals surface area contributed by atoms with E-state index in [-0.39, 0.29) is 6.03 Å². The van der Waals surface area contributed by atoms with Crippen molar-refractivity contribution in [2.24, 2.45) is 0 Å². The first-order valence-electron chi connectivity index (χ1n) is 6.76. The average Bonchev–Trinajstić information content (AvgIpc) is 2.78. The summed E-state index contributed by atoms with van der Waals surface area (Å²) in [6.07, 6.45) is 7.08. The number of aromatic nitrogens is 3. The van der Waals surface area contributed by atoms with Gasteiger partial charge in [-0.25, -0.2) is 9.78 Å². The van der Waals surface area contributed by atoms with Crippen LogP contribution in [0.5, 0.6) is 0 Å². The van der Waals surface area contributed by atoms with Gasteiger partial charge in [-0.3, -0.25) is 15.7 Å². The van der Waals surface area contributed by atoms with Gasteiger partial charge in [0.25, 0.3) is 0 Å². The summed E-state index contributed by atoms with van der Waals surface area (Å²) in [7, 11) is 0. The van der Waals surface area contributed by atoms with Gasteiger partial charge in [0.1, 0.15) is 11.6 Å². The van der Waals surface area contributed by atoms with E-state index in [4.69, 9.17) is 0 Å². The summed E-state index contributed by atoms with van der Waals surface area (Å²) in [5.74, 6) is 1.72. The maximum absolute atomic E-state index is 11.9. The zero-order chi connectivity index (χ0) is 13.9. The molecule has 1 fully saturated rings. The molecule has 104 valence electrons. The molecule has 3 rings (SSSR count). The third kappa shape index (κ3) is 2.64. The van der Waals surface area contributed by atoms with Crippen molar-refractivity contribution in [3.8, 4) is 0 Å². The Kier molecular flexibility index (Phi) is 3.37. The van der Waals surface area contributed by atoms with Gasteiger partial charge in [-0.05, 0) is 37.3 Å². The fourth-order valence-electron chi connectivity index (χ4n) is 2.23. The molecule has 6 nitrogen and oxygen atoms in total. The summed E-state index contributed by atoms with van der Waals surface area (Å²) in [5.41, 5.74) is 2.14. The maximum atomic E-state index is 11.9. The van der Waals surface area contributed by atoms with Crippen LogP contribution in [0.4, 0.5) is 16.4 Å². The standard InChI is InChI=1S/C14H17N5O/c1-9-5-6-12(15-7-9)17-14(20)18-13-11(8-16-19-13)10-3-2-4-10/h5-8,10H,2-4H2,1H3,(H3,15,16,17,18,19,20). The van der Waals surface area contributed by atoms with Crippen LogP contribution in [-0.2, 0) is 0 Å². The van der Waals surface area contributed by atoms with E-state index in [0.717, 1.165) is 24.0 Å². The van der Waals surface area contributed by atoms with Crippen molar-refractivity contribution >= 4 is 17.7 Å². The number of aromatic amines is 1. The van der Waals surface area contributed by atoms with Crippen molar-refractivity contribution in [1.82, 2.24) is 15.2 Å². The van der Waals surface area contributed by atoms with Crippen molar-refractivity contribution in [2.75, 3.05) is 10.6 Å². The molecular weight excluding hydrogens is 254 g/mol. The minimum Gasteiger partial charge on any atom is -0.292 e. The normalized spacial score (nSPS) is 14.7. The van der Waals surface area contributed by atoms with Crippen LogP contribution in [0.15, 0.2) is 24.5 Å². The predicted octanol–water partition coefficient (Wildman–Crippen LogP) is 3.02. The number of rotatable bonds is 3. The van der Waals surface area contributed by atoms with Crippen molar-refractivity contribution in [2.45, 2.75) is 32.1 Å². The van der Waals surface area contributed by atoms with Gasteiger partial charge in [-0.15, -0.1) is 0 Å². The van der Waals surface area contributed by atoms with Crippen LogP contribution in [0.2, 0.25) is 0 Å². The highest BCUT2D eigenvalue weighted by atomic mass is 16.2. The lowest BCUT2D eigenvalue weighted by Gasteiger charge is -2.25. The fraction of sp³-hybridized carbons (Fsp3) is 0.357. The van der Waals surface area contributed by atoms with Gasteiger partial charge in [0.05, 0.1) is 6.20 Å². The molecule has 6 heteroatoms. The van der Waals surface area contributed by atoms with Gasteiger partial charge in [-0.2, -0.15) is 5.10 Å². The van der Waals surface area contributed by atoms with Gasteiger partial charge in [-0.1, -0.05) is 12.5 Å². The molecule has 2 aromatic rings. The number of anilines is 2. The lowest BCUT2D eigenvalue weighted by atomic mass is 9.81. The number of hydrogen-bond donors (Lipinski definition) is 3. The monoisotopic (exact) mass is 271 g/mol. The molecule has 0 bridgehead atoms. The van der Waals surface area contributed by atoms with Crippen molar-refractivity contribution in [3.63, 3.8) is 0 Å². The molecule has 0 aromatic carbocycles. The smallest absolute Gasteiger partial charge is 0.292 e. The van der Waals surface area contributed by atoms with Gasteiger partial charge in [0, 0.05) is 11.8 Å². The molecule has 0 atom stereocenters. The zero-order valence-electron chi connectivity index (χ0n) is 11.3. The number of aryl methyl sites for hydroxylation is 1. The second-order valence-corrected chi connectivity index (χ2v) is 5.13. The minimum atomic E-state index is -0.314. The van der Waals surface area contributed by atoms with Crippen LogP contribution in [-0.4, -0.2) is 21.2 Å². The van der Waals surface area contributed by atoms with Crippen molar-refractivity contribution < 1.29 is 4.79 Å². The number of carbonyl (C=O) groups is 1. The lowest BCUT2D eigenvalue weighted by Crippen LogP contribution is -2.22. The molecule has 2 aromatic heterocycles. The van der Waals surface area contributed by atoms with E-state index in [1.54, 1.807) is 18.5 Å². The maximum Gasteiger partial charge on any atom is 0.326 e. The Morgan fingerprint density at radius 2 is 2.15 bits per heavy atom. The first kappa shape index (κ1) is 12.7. The summed E-state index contributed by atoms with van der Waals surface area (Å²) in [4.78, 5) is 16.1. The number of hydrogen-bond acceptors (Lipinski definition) is 3. The fourth-order valence-corrected chi connectivity index (χ4v) is 2.23. The van der Waals surface area contributed by atoms with Gasteiger partial charge in [0.15, 0.2) is 0 Å². The topological polar surface area (TPSA) is 82.7 Å². The largest absolute Gasteiger partial charge is 0.326 e. The van der Waals surface area contributed by atoms with E-state index in [9.17, 15) is 4.79 Å². The Bertz CT molecular complexity index is 600. The van der Waals surface area contributed by atoms with Crippen LogP contribution in [0.1, 0.15) is 36.3 Å². The summed E-state index contributed by atoms with van der Waals surface area (Å²) in [5, 5.41) is 12.3. The third-order valence-corrected chi connectivity index (χ3v) is 3.61. The van der Waals surface area contributed by atoms with Crippen LogP contribution >= 0.6 is 0 Å². The predicted molar refractivity (Wildman–Crippen MR) is 76.8 cm³/mol. The van der Waals surface area contributed by atoms with Crippen LogP contribution in [0.25, 0.3) is 0 Å². The molecule has 1 aliphatic rings. The van der Waals surface area contributed by atoms with Crippen LogP contribution in [0.3, 0.4) is 0 Å². The summed E-state index contributed by atoms with van der Waals surface area (Å²) >= 11 is 0. The lowest BCUT2D eigenvalue weighted by molar-refractivity contribution is 0.262. The number of nitrogens with zero attached hydrogens (tertiary/aromatic N) is 2. The minimum absolute atomic E-state index is 0.314. The molecule has 2 amide bonds.